The highest BCUT2D eigenvalue weighted by atomic mass is 35.5. The van der Waals surface area contributed by atoms with Crippen molar-refractivity contribution in [1.82, 2.24) is 4.90 Å². The molecule has 0 N–H and O–H groups in total. The maximum Gasteiger partial charge on any atom is 0.123 e. The Balaban J connectivity index is 2.14. The van der Waals surface area contributed by atoms with Crippen molar-refractivity contribution < 1.29 is 9.47 Å². The second-order valence-corrected chi connectivity index (χ2v) is 5.32. The van der Waals surface area contributed by atoms with Crippen molar-refractivity contribution in [2.24, 2.45) is 0 Å². The van der Waals surface area contributed by atoms with Crippen LogP contribution < -0.4 is 4.74 Å². The fraction of sp³-hybridized carbons (Fsp3) is 0.571. The van der Waals surface area contributed by atoms with E-state index in [0.29, 0.717) is 6.04 Å². The number of morpholine rings is 1. The molecule has 100 valence electrons. The predicted octanol–water partition coefficient (Wildman–Crippen LogP) is 2.96. The Bertz CT molecular complexity index is 411. The minimum Gasteiger partial charge on any atom is -0.496 e. The molecule has 18 heavy (non-hydrogen) atoms. The van der Waals surface area contributed by atoms with Gasteiger partial charge in [0, 0.05) is 29.7 Å². The van der Waals surface area contributed by atoms with Crippen LogP contribution >= 0.6 is 11.6 Å². The highest BCUT2D eigenvalue weighted by Crippen LogP contribution is 2.25. The summed E-state index contributed by atoms with van der Waals surface area (Å²) < 4.78 is 11.0. The molecule has 2 unspecified atom stereocenters. The molecular formula is C14H20ClNO2. The molecule has 3 nitrogen and oxygen atoms in total. The van der Waals surface area contributed by atoms with Gasteiger partial charge < -0.3 is 9.47 Å². The Morgan fingerprint density at radius 3 is 2.94 bits per heavy atom. The fourth-order valence-corrected chi connectivity index (χ4v) is 2.48. The third-order valence-electron chi connectivity index (χ3n) is 3.35. The molecule has 4 heteroatoms. The lowest BCUT2D eigenvalue weighted by Gasteiger charge is -2.37. The monoisotopic (exact) mass is 269 g/mol. The van der Waals surface area contributed by atoms with Crippen LogP contribution in [0, 0.1) is 0 Å². The van der Waals surface area contributed by atoms with Gasteiger partial charge in [-0.15, -0.1) is 0 Å². The lowest BCUT2D eigenvalue weighted by Crippen LogP contribution is -2.46. The molecule has 2 atom stereocenters. The Morgan fingerprint density at radius 1 is 1.44 bits per heavy atom. The van der Waals surface area contributed by atoms with Crippen molar-refractivity contribution in [2.75, 3.05) is 20.3 Å². The molecule has 1 aromatic carbocycles. The topological polar surface area (TPSA) is 21.7 Å². The van der Waals surface area contributed by atoms with Gasteiger partial charge in [0.15, 0.2) is 0 Å². The maximum atomic E-state index is 6.06. The van der Waals surface area contributed by atoms with Gasteiger partial charge in [-0.2, -0.15) is 0 Å². The van der Waals surface area contributed by atoms with Gasteiger partial charge in [-0.1, -0.05) is 11.6 Å². The second kappa shape index (κ2) is 5.91. The summed E-state index contributed by atoms with van der Waals surface area (Å²) in [4.78, 5) is 2.41. The first-order chi connectivity index (χ1) is 8.60. The third-order valence-corrected chi connectivity index (χ3v) is 3.59. The van der Waals surface area contributed by atoms with Crippen LogP contribution in [0.25, 0.3) is 0 Å². The van der Waals surface area contributed by atoms with Crippen molar-refractivity contribution in [2.45, 2.75) is 32.5 Å². The van der Waals surface area contributed by atoms with Gasteiger partial charge in [0.2, 0.25) is 0 Å². The molecule has 1 aliphatic rings. The summed E-state index contributed by atoms with van der Waals surface area (Å²) in [5.41, 5.74) is 1.13. The zero-order valence-electron chi connectivity index (χ0n) is 11.1. The predicted molar refractivity (Wildman–Crippen MR) is 73.3 cm³/mol. The summed E-state index contributed by atoms with van der Waals surface area (Å²) in [5, 5.41) is 0.750. The lowest BCUT2D eigenvalue weighted by atomic mass is 10.1. The second-order valence-electron chi connectivity index (χ2n) is 4.88. The van der Waals surface area contributed by atoms with Crippen LogP contribution in [0.2, 0.25) is 5.02 Å². The normalized spacial score (nSPS) is 25.1. The van der Waals surface area contributed by atoms with Gasteiger partial charge in [0.25, 0.3) is 0 Å². The number of methoxy groups -OCH3 is 1. The summed E-state index contributed by atoms with van der Waals surface area (Å²) in [6.45, 7) is 6.86. The quantitative estimate of drug-likeness (QED) is 0.842. The number of hydrogen-bond acceptors (Lipinski definition) is 3. The molecule has 0 aliphatic carbocycles. The van der Waals surface area contributed by atoms with Crippen LogP contribution in [0.3, 0.4) is 0 Å². The zero-order chi connectivity index (χ0) is 13.1. The molecule has 2 rings (SSSR count). The van der Waals surface area contributed by atoms with Gasteiger partial charge >= 0.3 is 0 Å². The van der Waals surface area contributed by atoms with E-state index in [4.69, 9.17) is 21.1 Å². The van der Waals surface area contributed by atoms with Crippen LogP contribution in [0.5, 0.6) is 5.75 Å². The first-order valence-electron chi connectivity index (χ1n) is 6.28. The lowest BCUT2D eigenvalue weighted by molar-refractivity contribution is -0.0528. The van der Waals surface area contributed by atoms with E-state index in [9.17, 15) is 0 Å². The van der Waals surface area contributed by atoms with Crippen molar-refractivity contribution in [3.05, 3.63) is 28.8 Å². The molecule has 0 radical (unpaired) electrons. The highest BCUT2D eigenvalue weighted by molar-refractivity contribution is 6.30. The Hall–Kier alpha value is -0.770. The Morgan fingerprint density at radius 2 is 2.22 bits per heavy atom. The Kier molecular flexibility index (Phi) is 4.49. The first-order valence-corrected chi connectivity index (χ1v) is 6.66. The smallest absolute Gasteiger partial charge is 0.123 e. The largest absolute Gasteiger partial charge is 0.496 e. The first kappa shape index (κ1) is 13.7. The van der Waals surface area contributed by atoms with Crippen LogP contribution in [0.15, 0.2) is 18.2 Å². The SMILES string of the molecule is COc1ccc(Cl)cc1CN1CC(C)OCC1C. The fourth-order valence-electron chi connectivity index (χ4n) is 2.28. The molecule has 0 aromatic heterocycles. The minimum absolute atomic E-state index is 0.284. The van der Waals surface area contributed by atoms with E-state index >= 15 is 0 Å². The summed E-state index contributed by atoms with van der Waals surface area (Å²) in [5.74, 6) is 0.894. The molecule has 1 heterocycles. The van der Waals surface area contributed by atoms with Crippen molar-refractivity contribution in [3.63, 3.8) is 0 Å². The number of benzene rings is 1. The Labute approximate surface area is 114 Å². The molecular weight excluding hydrogens is 250 g/mol. The molecule has 1 fully saturated rings. The van der Waals surface area contributed by atoms with Crippen molar-refractivity contribution in [3.8, 4) is 5.75 Å². The van der Waals surface area contributed by atoms with Crippen LogP contribution in [-0.4, -0.2) is 37.3 Å². The molecule has 0 saturated carbocycles. The van der Waals surface area contributed by atoms with Crippen molar-refractivity contribution >= 4 is 11.6 Å². The average Bonchev–Trinajstić information content (AvgIpc) is 2.34. The van der Waals surface area contributed by atoms with Crippen LogP contribution in [-0.2, 0) is 11.3 Å². The summed E-state index contributed by atoms with van der Waals surface area (Å²) >= 11 is 6.06. The molecule has 0 bridgehead atoms. The highest BCUT2D eigenvalue weighted by Gasteiger charge is 2.24. The van der Waals surface area contributed by atoms with Gasteiger partial charge in [-0.25, -0.2) is 0 Å². The van der Waals surface area contributed by atoms with E-state index < -0.39 is 0 Å². The molecule has 1 aliphatic heterocycles. The van der Waals surface area contributed by atoms with Crippen LogP contribution in [0.4, 0.5) is 0 Å². The van der Waals surface area contributed by atoms with E-state index in [1.54, 1.807) is 7.11 Å². The standard InChI is InChI=1S/C14H20ClNO2/c1-10-9-18-11(2)7-16(10)8-12-6-13(15)4-5-14(12)17-3/h4-6,10-11H,7-9H2,1-3H3. The molecule has 0 spiro atoms. The van der Waals surface area contributed by atoms with Gasteiger partial charge in [-0.3, -0.25) is 4.90 Å². The summed E-state index contributed by atoms with van der Waals surface area (Å²) in [6.07, 6.45) is 0.284. The molecule has 0 amide bonds. The third kappa shape index (κ3) is 3.16. The van der Waals surface area contributed by atoms with Crippen LogP contribution in [0.1, 0.15) is 19.4 Å². The average molecular weight is 270 g/mol. The molecule has 1 saturated heterocycles. The number of ether oxygens (including phenoxy) is 2. The summed E-state index contributed by atoms with van der Waals surface area (Å²) in [6, 6.07) is 6.18. The van der Waals surface area contributed by atoms with E-state index in [0.717, 1.165) is 36.0 Å². The van der Waals surface area contributed by atoms with E-state index in [-0.39, 0.29) is 6.10 Å². The number of nitrogens with zero attached hydrogens (tertiary/aromatic N) is 1. The number of hydrogen-bond donors (Lipinski definition) is 0. The minimum atomic E-state index is 0.284. The van der Waals surface area contributed by atoms with E-state index in [1.807, 2.05) is 18.2 Å². The van der Waals surface area contributed by atoms with E-state index in [2.05, 4.69) is 18.7 Å². The van der Waals surface area contributed by atoms with Crippen molar-refractivity contribution in [1.29, 1.82) is 0 Å². The number of rotatable bonds is 3. The zero-order valence-corrected chi connectivity index (χ0v) is 11.9. The van der Waals surface area contributed by atoms with Gasteiger partial charge in [0.1, 0.15) is 5.75 Å². The maximum absolute atomic E-state index is 6.06. The van der Waals surface area contributed by atoms with Gasteiger partial charge in [0.05, 0.1) is 19.8 Å². The van der Waals surface area contributed by atoms with Gasteiger partial charge in [-0.05, 0) is 32.0 Å². The molecule has 1 aromatic rings. The number of halogens is 1. The van der Waals surface area contributed by atoms with E-state index in [1.165, 1.54) is 0 Å². The summed E-state index contributed by atoms with van der Waals surface area (Å²) in [7, 11) is 1.69.